The molecule has 0 saturated carbocycles. The maximum absolute atomic E-state index is 5.11. The molecule has 4 heteroatoms. The second kappa shape index (κ2) is 6.99. The zero-order valence-corrected chi connectivity index (χ0v) is 11.6. The number of halogens is 1. The summed E-state index contributed by atoms with van der Waals surface area (Å²) in [6.07, 6.45) is 2.85. The fourth-order valence-corrected chi connectivity index (χ4v) is 2.29. The Morgan fingerprint density at radius 3 is 2.88 bits per heavy atom. The van der Waals surface area contributed by atoms with Gasteiger partial charge in [0, 0.05) is 24.4 Å². The minimum absolute atomic E-state index is 0.255. The molecular weight excluding hydrogens is 268 g/mol. The van der Waals surface area contributed by atoms with Gasteiger partial charge in [0.2, 0.25) is 0 Å². The van der Waals surface area contributed by atoms with E-state index in [4.69, 9.17) is 4.74 Å². The van der Waals surface area contributed by atoms with Crippen molar-refractivity contribution in [3.63, 3.8) is 0 Å². The van der Waals surface area contributed by atoms with Gasteiger partial charge in [-0.15, -0.1) is 0 Å². The maximum atomic E-state index is 5.11. The molecule has 1 heterocycles. The van der Waals surface area contributed by atoms with Crippen LogP contribution in [0.15, 0.2) is 22.8 Å². The van der Waals surface area contributed by atoms with Gasteiger partial charge in [0.05, 0.1) is 11.7 Å². The Kier molecular flexibility index (Phi) is 5.95. The summed E-state index contributed by atoms with van der Waals surface area (Å²) in [6.45, 7) is 2.99. The Bertz CT molecular complexity index is 320. The summed E-state index contributed by atoms with van der Waals surface area (Å²) >= 11 is 3.54. The highest BCUT2D eigenvalue weighted by atomic mass is 79.9. The summed E-state index contributed by atoms with van der Waals surface area (Å²) in [5.41, 5.74) is 1.06. The molecular formula is C12H19BrN2O. The predicted octanol–water partition coefficient (Wildman–Crippen LogP) is 2.78. The summed E-state index contributed by atoms with van der Waals surface area (Å²) in [4.78, 5) is 4.43. The number of methoxy groups -OCH3 is 1. The average Bonchev–Trinajstić information content (AvgIpc) is 2.30. The van der Waals surface area contributed by atoms with E-state index in [0.717, 1.165) is 23.2 Å². The monoisotopic (exact) mass is 286 g/mol. The molecule has 2 atom stereocenters. The first-order valence-corrected chi connectivity index (χ1v) is 6.26. The molecule has 0 aromatic carbocycles. The van der Waals surface area contributed by atoms with Crippen molar-refractivity contribution in [2.45, 2.75) is 19.4 Å². The number of aromatic nitrogens is 1. The summed E-state index contributed by atoms with van der Waals surface area (Å²) in [5.74, 6) is 0.483. The van der Waals surface area contributed by atoms with E-state index in [1.165, 1.54) is 0 Å². The van der Waals surface area contributed by atoms with Gasteiger partial charge in [-0.3, -0.25) is 4.98 Å². The Morgan fingerprint density at radius 1 is 1.56 bits per heavy atom. The number of hydrogen-bond acceptors (Lipinski definition) is 3. The van der Waals surface area contributed by atoms with E-state index < -0.39 is 0 Å². The van der Waals surface area contributed by atoms with Crippen molar-refractivity contribution < 1.29 is 4.74 Å². The van der Waals surface area contributed by atoms with E-state index in [0.29, 0.717) is 5.92 Å². The molecule has 0 aliphatic rings. The SMILES string of the molecule is CNC(c1ncccc1Br)C(C)CCOC. The van der Waals surface area contributed by atoms with Crippen LogP contribution in [0, 0.1) is 5.92 Å². The van der Waals surface area contributed by atoms with Crippen molar-refractivity contribution in [1.82, 2.24) is 10.3 Å². The van der Waals surface area contributed by atoms with Crippen molar-refractivity contribution in [3.05, 3.63) is 28.5 Å². The first-order chi connectivity index (χ1) is 7.70. The highest BCUT2D eigenvalue weighted by Gasteiger charge is 2.20. The summed E-state index contributed by atoms with van der Waals surface area (Å²) < 4.78 is 6.17. The third-order valence-corrected chi connectivity index (χ3v) is 3.41. The van der Waals surface area contributed by atoms with Gasteiger partial charge in [-0.2, -0.15) is 0 Å². The molecule has 0 spiro atoms. The fraction of sp³-hybridized carbons (Fsp3) is 0.583. The summed E-state index contributed by atoms with van der Waals surface area (Å²) in [5, 5.41) is 3.32. The highest BCUT2D eigenvalue weighted by Crippen LogP contribution is 2.27. The number of ether oxygens (including phenoxy) is 1. The summed E-state index contributed by atoms with van der Waals surface area (Å²) in [6, 6.07) is 4.21. The van der Waals surface area contributed by atoms with E-state index in [2.05, 4.69) is 33.2 Å². The van der Waals surface area contributed by atoms with E-state index in [1.807, 2.05) is 25.4 Å². The fourth-order valence-electron chi connectivity index (χ4n) is 1.79. The number of pyridine rings is 1. The van der Waals surface area contributed by atoms with Crippen molar-refractivity contribution in [1.29, 1.82) is 0 Å². The summed E-state index contributed by atoms with van der Waals surface area (Å²) in [7, 11) is 3.70. The standard InChI is InChI=1S/C12H19BrN2O/c1-9(6-8-16-3)11(14-2)12-10(13)5-4-7-15-12/h4-5,7,9,11,14H,6,8H2,1-3H3. The van der Waals surface area contributed by atoms with Crippen molar-refractivity contribution >= 4 is 15.9 Å². The molecule has 1 rings (SSSR count). The number of nitrogens with one attached hydrogen (secondary N) is 1. The molecule has 0 amide bonds. The average molecular weight is 287 g/mol. The van der Waals surface area contributed by atoms with Gasteiger partial charge >= 0.3 is 0 Å². The van der Waals surface area contributed by atoms with E-state index >= 15 is 0 Å². The Balaban J connectivity index is 2.77. The van der Waals surface area contributed by atoms with Crippen LogP contribution in [0.25, 0.3) is 0 Å². The van der Waals surface area contributed by atoms with Crippen LogP contribution in [-0.4, -0.2) is 25.7 Å². The third kappa shape index (κ3) is 3.54. The van der Waals surface area contributed by atoms with Crippen molar-refractivity contribution in [3.8, 4) is 0 Å². The van der Waals surface area contributed by atoms with Gasteiger partial charge in [-0.05, 0) is 47.4 Å². The van der Waals surface area contributed by atoms with Crippen LogP contribution in [0.3, 0.4) is 0 Å². The number of hydrogen-bond donors (Lipinski definition) is 1. The molecule has 1 N–H and O–H groups in total. The van der Waals surface area contributed by atoms with Crippen molar-refractivity contribution in [2.75, 3.05) is 20.8 Å². The second-order valence-corrected chi connectivity index (χ2v) is 4.75. The first-order valence-electron chi connectivity index (χ1n) is 5.47. The van der Waals surface area contributed by atoms with Crippen LogP contribution in [0.2, 0.25) is 0 Å². The van der Waals surface area contributed by atoms with Gasteiger partial charge in [-0.25, -0.2) is 0 Å². The molecule has 0 aliphatic carbocycles. The topological polar surface area (TPSA) is 34.2 Å². The third-order valence-electron chi connectivity index (χ3n) is 2.74. The first kappa shape index (κ1) is 13.6. The van der Waals surface area contributed by atoms with Gasteiger partial charge in [-0.1, -0.05) is 6.92 Å². The van der Waals surface area contributed by atoms with Gasteiger partial charge in [0.1, 0.15) is 0 Å². The molecule has 0 bridgehead atoms. The molecule has 0 radical (unpaired) electrons. The Morgan fingerprint density at radius 2 is 2.31 bits per heavy atom. The Labute approximate surface area is 106 Å². The van der Waals surface area contributed by atoms with E-state index in [-0.39, 0.29) is 6.04 Å². The predicted molar refractivity (Wildman–Crippen MR) is 69.4 cm³/mol. The molecule has 1 aromatic rings. The zero-order valence-electron chi connectivity index (χ0n) is 10.0. The number of nitrogens with zero attached hydrogens (tertiary/aromatic N) is 1. The van der Waals surface area contributed by atoms with Gasteiger partial charge in [0.25, 0.3) is 0 Å². The van der Waals surface area contributed by atoms with Crippen LogP contribution >= 0.6 is 15.9 Å². The lowest BCUT2D eigenvalue weighted by molar-refractivity contribution is 0.170. The number of rotatable bonds is 6. The lowest BCUT2D eigenvalue weighted by atomic mass is 9.95. The van der Waals surface area contributed by atoms with Gasteiger partial charge < -0.3 is 10.1 Å². The minimum atomic E-state index is 0.255. The molecule has 0 saturated heterocycles. The second-order valence-electron chi connectivity index (χ2n) is 3.90. The van der Waals surface area contributed by atoms with Crippen molar-refractivity contribution in [2.24, 2.45) is 5.92 Å². The molecule has 2 unspecified atom stereocenters. The molecule has 90 valence electrons. The molecule has 16 heavy (non-hydrogen) atoms. The molecule has 0 aliphatic heterocycles. The molecule has 1 aromatic heterocycles. The maximum Gasteiger partial charge on any atom is 0.0717 e. The largest absolute Gasteiger partial charge is 0.385 e. The van der Waals surface area contributed by atoms with Crippen LogP contribution in [0.1, 0.15) is 25.1 Å². The molecule has 0 fully saturated rings. The lowest BCUT2D eigenvalue weighted by Gasteiger charge is -2.23. The van der Waals surface area contributed by atoms with Crippen LogP contribution in [-0.2, 0) is 4.74 Å². The molecule has 3 nitrogen and oxygen atoms in total. The zero-order chi connectivity index (χ0) is 12.0. The quantitative estimate of drug-likeness (QED) is 0.873. The smallest absolute Gasteiger partial charge is 0.0717 e. The highest BCUT2D eigenvalue weighted by molar-refractivity contribution is 9.10. The van der Waals surface area contributed by atoms with E-state index in [1.54, 1.807) is 7.11 Å². The normalized spacial score (nSPS) is 14.8. The van der Waals surface area contributed by atoms with Crippen LogP contribution < -0.4 is 5.32 Å². The van der Waals surface area contributed by atoms with E-state index in [9.17, 15) is 0 Å². The van der Waals surface area contributed by atoms with Gasteiger partial charge in [0.15, 0.2) is 0 Å². The Hall–Kier alpha value is -0.450. The van der Waals surface area contributed by atoms with Crippen LogP contribution in [0.4, 0.5) is 0 Å². The van der Waals surface area contributed by atoms with Crippen LogP contribution in [0.5, 0.6) is 0 Å². The lowest BCUT2D eigenvalue weighted by Crippen LogP contribution is -2.25. The minimum Gasteiger partial charge on any atom is -0.385 e.